The van der Waals surface area contributed by atoms with Gasteiger partial charge in [-0.15, -0.1) is 0 Å². The highest BCUT2D eigenvalue weighted by molar-refractivity contribution is 5.73. The Morgan fingerprint density at radius 2 is 1.75 bits per heavy atom. The van der Waals surface area contributed by atoms with Crippen LogP contribution in [0, 0.1) is 6.92 Å². The molecule has 20 heavy (non-hydrogen) atoms. The topological polar surface area (TPSA) is 52.0 Å². The third kappa shape index (κ3) is 2.73. The molecule has 0 bridgehead atoms. The minimum atomic E-state index is 0.529. The summed E-state index contributed by atoms with van der Waals surface area (Å²) >= 11 is 0. The summed E-state index contributed by atoms with van der Waals surface area (Å²) < 4.78 is 5.76. The van der Waals surface area contributed by atoms with Crippen molar-refractivity contribution in [1.82, 2.24) is 4.98 Å². The molecule has 102 valence electrons. The molecule has 2 aromatic carbocycles. The summed E-state index contributed by atoms with van der Waals surface area (Å²) in [7, 11) is 0. The minimum absolute atomic E-state index is 0.529. The maximum Gasteiger partial charge on any atom is 0.195 e. The normalized spacial score (nSPS) is 11.1. The Bertz CT molecular complexity index is 713. The van der Waals surface area contributed by atoms with Crippen LogP contribution in [0.25, 0.3) is 11.1 Å². The van der Waals surface area contributed by atoms with E-state index in [2.05, 4.69) is 36.2 Å². The summed E-state index contributed by atoms with van der Waals surface area (Å²) in [6, 6.07) is 14.5. The first-order valence-electron chi connectivity index (χ1n) is 6.88. The third-order valence-electron chi connectivity index (χ3n) is 3.48. The van der Waals surface area contributed by atoms with Crippen molar-refractivity contribution in [3.63, 3.8) is 0 Å². The van der Waals surface area contributed by atoms with Crippen molar-refractivity contribution in [3.05, 3.63) is 65.0 Å². The van der Waals surface area contributed by atoms with Gasteiger partial charge in [-0.1, -0.05) is 35.9 Å². The molecule has 0 aliphatic rings. The summed E-state index contributed by atoms with van der Waals surface area (Å²) in [6.45, 7) is 2.63. The number of rotatable bonds is 4. The molecule has 0 aliphatic carbocycles. The van der Waals surface area contributed by atoms with E-state index in [0.29, 0.717) is 6.54 Å². The number of hydrogen-bond donors (Lipinski definition) is 1. The van der Waals surface area contributed by atoms with Crippen LogP contribution in [0.5, 0.6) is 0 Å². The van der Waals surface area contributed by atoms with E-state index >= 15 is 0 Å². The van der Waals surface area contributed by atoms with E-state index in [0.717, 1.165) is 35.4 Å². The maximum atomic E-state index is 5.76. The molecule has 0 saturated heterocycles. The van der Waals surface area contributed by atoms with Crippen LogP contribution in [0.3, 0.4) is 0 Å². The number of benzene rings is 2. The Morgan fingerprint density at radius 1 is 1.00 bits per heavy atom. The second-order valence-corrected chi connectivity index (χ2v) is 5.10. The fourth-order valence-corrected chi connectivity index (χ4v) is 2.26. The first kappa shape index (κ1) is 12.9. The van der Waals surface area contributed by atoms with Gasteiger partial charge in [0, 0.05) is 13.0 Å². The van der Waals surface area contributed by atoms with E-state index in [-0.39, 0.29) is 0 Å². The zero-order valence-electron chi connectivity index (χ0n) is 11.6. The lowest BCUT2D eigenvalue weighted by Crippen LogP contribution is -1.95. The van der Waals surface area contributed by atoms with Gasteiger partial charge in [0.2, 0.25) is 0 Å². The average molecular weight is 266 g/mol. The molecular weight excluding hydrogens is 248 g/mol. The predicted molar refractivity (Wildman–Crippen MR) is 80.5 cm³/mol. The van der Waals surface area contributed by atoms with Crippen molar-refractivity contribution >= 4 is 11.1 Å². The Balaban J connectivity index is 1.75. The quantitative estimate of drug-likeness (QED) is 0.787. The molecule has 0 amide bonds. The van der Waals surface area contributed by atoms with Crippen LogP contribution in [-0.2, 0) is 19.4 Å². The smallest absolute Gasteiger partial charge is 0.195 e. The summed E-state index contributed by atoms with van der Waals surface area (Å²) in [5.41, 5.74) is 11.0. The predicted octanol–water partition coefficient (Wildman–Crippen LogP) is 3.38. The van der Waals surface area contributed by atoms with Crippen LogP contribution in [0.15, 0.2) is 46.9 Å². The average Bonchev–Trinajstić information content (AvgIpc) is 2.88. The van der Waals surface area contributed by atoms with Gasteiger partial charge in [-0.05, 0) is 36.6 Å². The molecule has 0 unspecified atom stereocenters. The summed E-state index contributed by atoms with van der Waals surface area (Å²) in [5.74, 6) is 0.787. The van der Waals surface area contributed by atoms with Gasteiger partial charge in [0.25, 0.3) is 0 Å². The third-order valence-corrected chi connectivity index (χ3v) is 3.48. The molecule has 0 atom stereocenters. The zero-order chi connectivity index (χ0) is 13.9. The summed E-state index contributed by atoms with van der Waals surface area (Å²) in [4.78, 5) is 4.53. The molecule has 1 aromatic heterocycles. The van der Waals surface area contributed by atoms with E-state index in [1.54, 1.807) is 0 Å². The minimum Gasteiger partial charge on any atom is -0.441 e. The second-order valence-electron chi connectivity index (χ2n) is 5.10. The monoisotopic (exact) mass is 266 g/mol. The number of fused-ring (bicyclic) bond motifs is 1. The fraction of sp³-hybridized carbons (Fsp3) is 0.235. The second kappa shape index (κ2) is 5.47. The summed E-state index contributed by atoms with van der Waals surface area (Å²) in [6.07, 6.45) is 1.76. The Hall–Kier alpha value is -2.13. The van der Waals surface area contributed by atoms with Crippen molar-refractivity contribution in [1.29, 1.82) is 0 Å². The number of aryl methyl sites for hydroxylation is 3. The molecule has 2 N–H and O–H groups in total. The lowest BCUT2D eigenvalue weighted by molar-refractivity contribution is 0.528. The SMILES string of the molecule is Cc1ccc(CCc2nc3cc(CN)ccc3o2)cc1. The lowest BCUT2D eigenvalue weighted by atomic mass is 10.1. The van der Waals surface area contributed by atoms with Gasteiger partial charge >= 0.3 is 0 Å². The molecule has 0 radical (unpaired) electrons. The van der Waals surface area contributed by atoms with Crippen molar-refractivity contribution in [2.24, 2.45) is 5.73 Å². The zero-order valence-corrected chi connectivity index (χ0v) is 11.6. The van der Waals surface area contributed by atoms with E-state index in [9.17, 15) is 0 Å². The Kier molecular flexibility index (Phi) is 3.52. The van der Waals surface area contributed by atoms with Gasteiger partial charge in [-0.2, -0.15) is 0 Å². The van der Waals surface area contributed by atoms with Crippen molar-refractivity contribution < 1.29 is 4.42 Å². The fourth-order valence-electron chi connectivity index (χ4n) is 2.26. The van der Waals surface area contributed by atoms with Gasteiger partial charge < -0.3 is 10.2 Å². The van der Waals surface area contributed by atoms with Crippen LogP contribution >= 0.6 is 0 Å². The van der Waals surface area contributed by atoms with Gasteiger partial charge in [-0.25, -0.2) is 4.98 Å². The van der Waals surface area contributed by atoms with Crippen molar-refractivity contribution in [2.75, 3.05) is 0 Å². The molecular formula is C17H18N2O. The van der Waals surface area contributed by atoms with Gasteiger partial charge in [-0.3, -0.25) is 0 Å². The van der Waals surface area contributed by atoms with Gasteiger partial charge in [0.05, 0.1) is 0 Å². The highest BCUT2D eigenvalue weighted by Gasteiger charge is 2.06. The number of hydrogen-bond acceptors (Lipinski definition) is 3. The van der Waals surface area contributed by atoms with E-state index in [1.165, 1.54) is 11.1 Å². The van der Waals surface area contributed by atoms with Crippen molar-refractivity contribution in [2.45, 2.75) is 26.3 Å². The maximum absolute atomic E-state index is 5.76. The number of nitrogens with zero attached hydrogens (tertiary/aromatic N) is 1. The van der Waals surface area contributed by atoms with E-state index < -0.39 is 0 Å². The summed E-state index contributed by atoms with van der Waals surface area (Å²) in [5, 5.41) is 0. The van der Waals surface area contributed by atoms with Crippen LogP contribution in [0.2, 0.25) is 0 Å². The lowest BCUT2D eigenvalue weighted by Gasteiger charge is -1.99. The number of aromatic nitrogens is 1. The molecule has 0 spiro atoms. The number of oxazole rings is 1. The molecule has 3 aromatic rings. The standard InChI is InChI=1S/C17H18N2O/c1-12-2-4-13(5-3-12)7-9-17-19-15-10-14(11-18)6-8-16(15)20-17/h2-6,8,10H,7,9,11,18H2,1H3. The molecule has 0 aliphatic heterocycles. The van der Waals surface area contributed by atoms with Crippen molar-refractivity contribution in [3.8, 4) is 0 Å². The van der Waals surface area contributed by atoms with Gasteiger partial charge in [0.1, 0.15) is 5.52 Å². The van der Waals surface area contributed by atoms with Crippen LogP contribution in [-0.4, -0.2) is 4.98 Å². The molecule has 0 fully saturated rings. The largest absolute Gasteiger partial charge is 0.441 e. The Morgan fingerprint density at radius 3 is 2.50 bits per heavy atom. The highest BCUT2D eigenvalue weighted by Crippen LogP contribution is 2.18. The molecule has 3 rings (SSSR count). The Labute approximate surface area is 118 Å². The van der Waals surface area contributed by atoms with E-state index in [4.69, 9.17) is 10.2 Å². The molecule has 1 heterocycles. The van der Waals surface area contributed by atoms with Gasteiger partial charge in [0.15, 0.2) is 11.5 Å². The highest BCUT2D eigenvalue weighted by atomic mass is 16.3. The van der Waals surface area contributed by atoms with Crippen LogP contribution in [0.1, 0.15) is 22.6 Å². The van der Waals surface area contributed by atoms with Crippen LogP contribution in [0.4, 0.5) is 0 Å². The van der Waals surface area contributed by atoms with Crippen LogP contribution < -0.4 is 5.73 Å². The number of nitrogens with two attached hydrogens (primary N) is 1. The first-order valence-corrected chi connectivity index (χ1v) is 6.88. The van der Waals surface area contributed by atoms with E-state index in [1.807, 2.05) is 18.2 Å². The molecule has 3 heteroatoms. The molecule has 3 nitrogen and oxygen atoms in total. The molecule has 0 saturated carbocycles. The first-order chi connectivity index (χ1) is 9.74.